The quantitative estimate of drug-likeness (QED) is 0.645. The molecule has 1 heterocycles. The molecule has 0 spiro atoms. The monoisotopic (exact) mass is 214 g/mol. The first kappa shape index (κ1) is 12.9. The molecule has 0 radical (unpaired) electrons. The molecular formula is C12H26N2O. The second-order valence-corrected chi connectivity index (χ2v) is 4.47. The number of hydrogen-bond acceptors (Lipinski definition) is 3. The van der Waals surface area contributed by atoms with E-state index in [1.54, 1.807) is 0 Å². The van der Waals surface area contributed by atoms with E-state index in [-0.39, 0.29) is 0 Å². The highest BCUT2D eigenvalue weighted by atomic mass is 16.3. The van der Waals surface area contributed by atoms with Crippen molar-refractivity contribution in [2.45, 2.75) is 32.6 Å². The van der Waals surface area contributed by atoms with E-state index in [9.17, 15) is 0 Å². The lowest BCUT2D eigenvalue weighted by atomic mass is 10.2. The number of aliphatic hydroxyl groups excluding tert-OH is 1. The molecule has 0 amide bonds. The lowest BCUT2D eigenvalue weighted by Crippen LogP contribution is -2.47. The van der Waals surface area contributed by atoms with E-state index in [1.807, 2.05) is 0 Å². The highest BCUT2D eigenvalue weighted by Crippen LogP contribution is 2.05. The maximum absolute atomic E-state index is 8.83. The van der Waals surface area contributed by atoms with Crippen molar-refractivity contribution in [2.24, 2.45) is 0 Å². The molecule has 1 aliphatic heterocycles. The summed E-state index contributed by atoms with van der Waals surface area (Å²) < 4.78 is 0. The fourth-order valence-corrected chi connectivity index (χ4v) is 2.14. The fourth-order valence-electron chi connectivity index (χ4n) is 2.14. The van der Waals surface area contributed by atoms with E-state index in [1.165, 1.54) is 45.3 Å². The van der Waals surface area contributed by atoms with Crippen LogP contribution in [0.3, 0.4) is 0 Å². The Bertz CT molecular complexity index is 142. The van der Waals surface area contributed by atoms with Crippen LogP contribution in [0.5, 0.6) is 0 Å². The van der Waals surface area contributed by atoms with Crippen molar-refractivity contribution in [2.75, 3.05) is 45.9 Å². The summed E-state index contributed by atoms with van der Waals surface area (Å²) >= 11 is 0. The average molecular weight is 214 g/mol. The summed E-state index contributed by atoms with van der Waals surface area (Å²) in [7, 11) is 0. The van der Waals surface area contributed by atoms with Crippen LogP contribution in [0.2, 0.25) is 0 Å². The zero-order chi connectivity index (χ0) is 10.9. The highest BCUT2D eigenvalue weighted by Gasteiger charge is 2.15. The SMILES string of the molecule is CCCCCCN1CCN(CCO)CC1. The van der Waals surface area contributed by atoms with Crippen LogP contribution in [0.1, 0.15) is 32.6 Å². The van der Waals surface area contributed by atoms with E-state index < -0.39 is 0 Å². The summed E-state index contributed by atoms with van der Waals surface area (Å²) in [6, 6.07) is 0. The predicted molar refractivity (Wildman–Crippen MR) is 64.1 cm³/mol. The van der Waals surface area contributed by atoms with Gasteiger partial charge in [0.1, 0.15) is 0 Å². The molecule has 0 unspecified atom stereocenters. The molecule has 90 valence electrons. The third kappa shape index (κ3) is 5.50. The number of nitrogens with zero attached hydrogens (tertiary/aromatic N) is 2. The first-order valence-electron chi connectivity index (χ1n) is 6.42. The lowest BCUT2D eigenvalue weighted by Gasteiger charge is -2.34. The maximum atomic E-state index is 8.83. The minimum Gasteiger partial charge on any atom is -0.395 e. The molecule has 0 aromatic heterocycles. The van der Waals surface area contributed by atoms with Gasteiger partial charge < -0.3 is 10.0 Å². The Labute approximate surface area is 94.1 Å². The van der Waals surface area contributed by atoms with Crippen LogP contribution in [0.15, 0.2) is 0 Å². The molecule has 1 saturated heterocycles. The van der Waals surface area contributed by atoms with Crippen molar-refractivity contribution in [1.82, 2.24) is 9.80 Å². The molecule has 0 aliphatic carbocycles. The van der Waals surface area contributed by atoms with Crippen molar-refractivity contribution in [3.63, 3.8) is 0 Å². The number of aliphatic hydroxyl groups is 1. The van der Waals surface area contributed by atoms with Crippen LogP contribution in [-0.2, 0) is 0 Å². The van der Waals surface area contributed by atoms with Gasteiger partial charge in [-0.2, -0.15) is 0 Å². The van der Waals surface area contributed by atoms with Gasteiger partial charge in [-0.3, -0.25) is 4.90 Å². The van der Waals surface area contributed by atoms with Crippen molar-refractivity contribution in [1.29, 1.82) is 0 Å². The molecule has 1 aliphatic rings. The Balaban J connectivity index is 1.99. The van der Waals surface area contributed by atoms with E-state index in [4.69, 9.17) is 5.11 Å². The smallest absolute Gasteiger partial charge is 0.0558 e. The summed E-state index contributed by atoms with van der Waals surface area (Å²) in [5, 5.41) is 8.83. The first-order chi connectivity index (χ1) is 7.36. The summed E-state index contributed by atoms with van der Waals surface area (Å²) in [5.41, 5.74) is 0. The Morgan fingerprint density at radius 2 is 1.47 bits per heavy atom. The Morgan fingerprint density at radius 3 is 2.00 bits per heavy atom. The van der Waals surface area contributed by atoms with Crippen molar-refractivity contribution in [3.05, 3.63) is 0 Å². The molecule has 3 heteroatoms. The molecule has 15 heavy (non-hydrogen) atoms. The van der Waals surface area contributed by atoms with Gasteiger partial charge in [0.25, 0.3) is 0 Å². The maximum Gasteiger partial charge on any atom is 0.0558 e. The molecule has 0 aromatic rings. The lowest BCUT2D eigenvalue weighted by molar-refractivity contribution is 0.111. The number of piperazine rings is 1. The normalized spacial score (nSPS) is 19.6. The largest absolute Gasteiger partial charge is 0.395 e. The fraction of sp³-hybridized carbons (Fsp3) is 1.00. The second-order valence-electron chi connectivity index (χ2n) is 4.47. The van der Waals surface area contributed by atoms with Gasteiger partial charge in [0.15, 0.2) is 0 Å². The van der Waals surface area contributed by atoms with Crippen LogP contribution in [0.4, 0.5) is 0 Å². The zero-order valence-corrected chi connectivity index (χ0v) is 10.1. The molecule has 1 N–H and O–H groups in total. The Morgan fingerprint density at radius 1 is 0.867 bits per heavy atom. The Kier molecular flexibility index (Phi) is 6.98. The van der Waals surface area contributed by atoms with Crippen LogP contribution >= 0.6 is 0 Å². The van der Waals surface area contributed by atoms with Gasteiger partial charge >= 0.3 is 0 Å². The van der Waals surface area contributed by atoms with Gasteiger partial charge in [-0.25, -0.2) is 0 Å². The highest BCUT2D eigenvalue weighted by molar-refractivity contribution is 4.71. The van der Waals surface area contributed by atoms with E-state index in [0.29, 0.717) is 6.61 Å². The summed E-state index contributed by atoms with van der Waals surface area (Å²) in [5.74, 6) is 0. The molecule has 3 nitrogen and oxygen atoms in total. The van der Waals surface area contributed by atoms with Gasteiger partial charge in [-0.05, 0) is 13.0 Å². The van der Waals surface area contributed by atoms with Gasteiger partial charge in [-0.1, -0.05) is 26.2 Å². The molecule has 0 atom stereocenters. The van der Waals surface area contributed by atoms with Crippen LogP contribution < -0.4 is 0 Å². The summed E-state index contributed by atoms with van der Waals surface area (Å²) in [6.07, 6.45) is 5.44. The zero-order valence-electron chi connectivity index (χ0n) is 10.1. The average Bonchev–Trinajstić information content (AvgIpc) is 2.27. The third-order valence-electron chi connectivity index (χ3n) is 3.21. The minimum atomic E-state index is 0.302. The minimum absolute atomic E-state index is 0.302. The van der Waals surface area contributed by atoms with Crippen LogP contribution in [0, 0.1) is 0 Å². The van der Waals surface area contributed by atoms with Gasteiger partial charge in [-0.15, -0.1) is 0 Å². The van der Waals surface area contributed by atoms with Crippen molar-refractivity contribution >= 4 is 0 Å². The second kappa shape index (κ2) is 8.08. The van der Waals surface area contributed by atoms with Gasteiger partial charge in [0, 0.05) is 32.7 Å². The van der Waals surface area contributed by atoms with Crippen molar-refractivity contribution in [3.8, 4) is 0 Å². The number of unbranched alkanes of at least 4 members (excludes halogenated alkanes) is 3. The van der Waals surface area contributed by atoms with Crippen molar-refractivity contribution < 1.29 is 5.11 Å². The number of β-amino-alcohol motifs (C(OH)–C–C–N with tert-alkyl or cyclic N) is 1. The first-order valence-corrected chi connectivity index (χ1v) is 6.42. The van der Waals surface area contributed by atoms with E-state index >= 15 is 0 Å². The van der Waals surface area contributed by atoms with Gasteiger partial charge in [0.2, 0.25) is 0 Å². The molecule has 0 bridgehead atoms. The van der Waals surface area contributed by atoms with E-state index in [2.05, 4.69) is 16.7 Å². The topological polar surface area (TPSA) is 26.7 Å². The number of hydrogen-bond donors (Lipinski definition) is 1. The standard InChI is InChI=1S/C12H26N2O/c1-2-3-4-5-6-13-7-9-14(10-8-13)11-12-15/h15H,2-12H2,1H3. The Hall–Kier alpha value is -0.120. The molecule has 0 aromatic carbocycles. The summed E-state index contributed by atoms with van der Waals surface area (Å²) in [6.45, 7) is 9.32. The van der Waals surface area contributed by atoms with Crippen LogP contribution in [-0.4, -0.2) is 60.8 Å². The van der Waals surface area contributed by atoms with E-state index in [0.717, 1.165) is 19.6 Å². The predicted octanol–water partition coefficient (Wildman–Crippen LogP) is 1.18. The molecular weight excluding hydrogens is 188 g/mol. The third-order valence-corrected chi connectivity index (χ3v) is 3.21. The summed E-state index contributed by atoms with van der Waals surface area (Å²) in [4.78, 5) is 4.91. The molecule has 0 saturated carbocycles. The molecule has 1 rings (SSSR count). The van der Waals surface area contributed by atoms with Crippen LogP contribution in [0.25, 0.3) is 0 Å². The van der Waals surface area contributed by atoms with Gasteiger partial charge in [0.05, 0.1) is 6.61 Å². The molecule has 1 fully saturated rings. The number of rotatable bonds is 7.